The lowest BCUT2D eigenvalue weighted by molar-refractivity contribution is 0.196. The first-order chi connectivity index (χ1) is 6.20. The molecule has 0 bridgehead atoms. The molecule has 2 nitrogen and oxygen atoms in total. The van der Waals surface area contributed by atoms with Crippen LogP contribution in [0.1, 0.15) is 33.6 Å². The molecule has 0 aromatic carbocycles. The molecule has 0 N–H and O–H groups in total. The fraction of sp³-hybridized carbons (Fsp3) is 1.00. The third kappa shape index (κ3) is 8.93. The summed E-state index contributed by atoms with van der Waals surface area (Å²) >= 11 is 3.53. The number of alkyl halides is 1. The van der Waals surface area contributed by atoms with Crippen LogP contribution in [0.4, 0.5) is 0 Å². The predicted molar refractivity (Wildman–Crippen MR) is 62.8 cm³/mol. The zero-order chi connectivity index (χ0) is 10.1. The van der Waals surface area contributed by atoms with Crippen LogP contribution < -0.4 is 0 Å². The zero-order valence-corrected chi connectivity index (χ0v) is 11.6. The number of halogens is 1. The summed E-state index contributed by atoms with van der Waals surface area (Å²) in [6.07, 6.45) is 2.16. The van der Waals surface area contributed by atoms with E-state index in [1.807, 2.05) is 0 Å². The largest absolute Gasteiger partial charge is 0.397 e. The van der Waals surface area contributed by atoms with Crippen LogP contribution in [-0.2, 0) is 8.85 Å². The second-order valence-electron chi connectivity index (χ2n) is 3.19. The molecule has 0 spiro atoms. The summed E-state index contributed by atoms with van der Waals surface area (Å²) in [5.41, 5.74) is 0. The van der Waals surface area contributed by atoms with Gasteiger partial charge in [0.1, 0.15) is 0 Å². The average molecular weight is 269 g/mol. The van der Waals surface area contributed by atoms with Gasteiger partial charge < -0.3 is 8.85 Å². The maximum absolute atomic E-state index is 5.69. The van der Waals surface area contributed by atoms with Crippen LogP contribution >= 0.6 is 15.9 Å². The lowest BCUT2D eigenvalue weighted by Crippen LogP contribution is -2.26. The maximum Gasteiger partial charge on any atom is 0.322 e. The van der Waals surface area contributed by atoms with Crippen LogP contribution in [0.25, 0.3) is 0 Å². The lowest BCUT2D eigenvalue weighted by atomic mass is 10.5. The zero-order valence-electron chi connectivity index (χ0n) is 8.88. The van der Waals surface area contributed by atoms with Gasteiger partial charge in [0.05, 0.1) is 0 Å². The second-order valence-corrected chi connectivity index (χ2v) is 6.75. The van der Waals surface area contributed by atoms with Gasteiger partial charge in [0.2, 0.25) is 0 Å². The Labute approximate surface area is 92.0 Å². The molecule has 1 atom stereocenters. The van der Waals surface area contributed by atoms with Gasteiger partial charge in [-0.3, -0.25) is 0 Å². The van der Waals surface area contributed by atoms with E-state index < -0.39 is 9.28 Å². The minimum Gasteiger partial charge on any atom is -0.397 e. The Balaban J connectivity index is 3.60. The van der Waals surface area contributed by atoms with Gasteiger partial charge in [0.15, 0.2) is 0 Å². The van der Waals surface area contributed by atoms with Crippen molar-refractivity contribution in [2.75, 3.05) is 13.2 Å². The molecule has 1 unspecified atom stereocenters. The smallest absolute Gasteiger partial charge is 0.322 e. The van der Waals surface area contributed by atoms with Gasteiger partial charge in [-0.1, -0.05) is 36.7 Å². The number of hydrogen-bond donors (Lipinski definition) is 0. The summed E-state index contributed by atoms with van der Waals surface area (Å²) in [6, 6.07) is 1.06. The summed E-state index contributed by atoms with van der Waals surface area (Å²) < 4.78 is 11.4. The molecule has 0 heterocycles. The van der Waals surface area contributed by atoms with Gasteiger partial charge >= 0.3 is 9.28 Å². The van der Waals surface area contributed by atoms with E-state index in [0.717, 1.165) is 32.1 Å². The molecule has 0 radical (unpaired) electrons. The summed E-state index contributed by atoms with van der Waals surface area (Å²) in [6.45, 7) is 8.09. The van der Waals surface area contributed by atoms with Crippen molar-refractivity contribution < 1.29 is 8.85 Å². The quantitative estimate of drug-likeness (QED) is 0.498. The number of rotatable bonds is 8. The Bertz CT molecular complexity index is 104. The summed E-state index contributed by atoms with van der Waals surface area (Å²) in [5, 5.41) is 0. The fourth-order valence-electron chi connectivity index (χ4n) is 0.948. The van der Waals surface area contributed by atoms with Crippen LogP contribution in [0.5, 0.6) is 0 Å². The predicted octanol–water partition coefficient (Wildman–Crippen LogP) is 2.84. The standard InChI is InChI=1S/C9H21BrO2Si/c1-4-6-11-13(8-9(3)10)12-7-5-2/h9,13H,4-8H2,1-3H3. The van der Waals surface area contributed by atoms with Crippen LogP contribution in [0.15, 0.2) is 0 Å². The van der Waals surface area contributed by atoms with Gasteiger partial charge in [-0.15, -0.1) is 0 Å². The molecule has 0 aliphatic rings. The Kier molecular flexibility index (Phi) is 9.62. The van der Waals surface area contributed by atoms with Gasteiger partial charge in [-0.2, -0.15) is 0 Å². The summed E-state index contributed by atoms with van der Waals surface area (Å²) in [4.78, 5) is 0.512. The van der Waals surface area contributed by atoms with E-state index in [1.54, 1.807) is 0 Å². The van der Waals surface area contributed by atoms with Crippen molar-refractivity contribution >= 4 is 25.2 Å². The molecule has 0 saturated carbocycles. The van der Waals surface area contributed by atoms with Gasteiger partial charge in [0, 0.05) is 24.1 Å². The van der Waals surface area contributed by atoms with Crippen molar-refractivity contribution in [1.29, 1.82) is 0 Å². The molecule has 4 heteroatoms. The monoisotopic (exact) mass is 268 g/mol. The van der Waals surface area contributed by atoms with Crippen molar-refractivity contribution in [3.8, 4) is 0 Å². The molecule has 0 aliphatic heterocycles. The Hall–Kier alpha value is 0.617. The highest BCUT2D eigenvalue weighted by Crippen LogP contribution is 2.10. The molecule has 13 heavy (non-hydrogen) atoms. The van der Waals surface area contributed by atoms with Crippen LogP contribution in [0.2, 0.25) is 6.04 Å². The van der Waals surface area contributed by atoms with Crippen molar-refractivity contribution in [1.82, 2.24) is 0 Å². The first-order valence-electron chi connectivity index (χ1n) is 5.08. The molecule has 0 aromatic heterocycles. The normalized spacial score (nSPS) is 13.6. The van der Waals surface area contributed by atoms with Crippen LogP contribution in [0, 0.1) is 0 Å². The highest BCUT2D eigenvalue weighted by atomic mass is 79.9. The minimum absolute atomic E-state index is 0.512. The van der Waals surface area contributed by atoms with E-state index in [4.69, 9.17) is 8.85 Å². The van der Waals surface area contributed by atoms with E-state index in [2.05, 4.69) is 36.7 Å². The Morgan fingerprint density at radius 1 is 1.15 bits per heavy atom. The molecular weight excluding hydrogens is 248 g/mol. The molecule has 0 aliphatic carbocycles. The molecule has 0 saturated heterocycles. The molecule has 0 rings (SSSR count). The average Bonchev–Trinajstić information content (AvgIpc) is 2.09. The maximum atomic E-state index is 5.69. The summed E-state index contributed by atoms with van der Waals surface area (Å²) in [5.74, 6) is 0. The molecule has 0 amide bonds. The van der Waals surface area contributed by atoms with E-state index in [0.29, 0.717) is 4.83 Å². The third-order valence-corrected chi connectivity index (χ3v) is 4.90. The Morgan fingerprint density at radius 3 is 1.92 bits per heavy atom. The highest BCUT2D eigenvalue weighted by molar-refractivity contribution is 9.09. The molecule has 0 aromatic rings. The van der Waals surface area contributed by atoms with E-state index in [-0.39, 0.29) is 0 Å². The fourth-order valence-corrected chi connectivity index (χ4v) is 3.76. The van der Waals surface area contributed by atoms with E-state index in [9.17, 15) is 0 Å². The summed E-state index contributed by atoms with van der Waals surface area (Å²) in [7, 11) is -1.37. The van der Waals surface area contributed by atoms with Crippen LogP contribution in [-0.4, -0.2) is 27.3 Å². The SMILES string of the molecule is CCCO[SiH](CC(C)Br)OCCC. The topological polar surface area (TPSA) is 18.5 Å². The van der Waals surface area contributed by atoms with Crippen molar-refractivity contribution in [2.24, 2.45) is 0 Å². The van der Waals surface area contributed by atoms with Crippen molar-refractivity contribution in [3.63, 3.8) is 0 Å². The minimum atomic E-state index is -1.37. The van der Waals surface area contributed by atoms with Gasteiger partial charge in [-0.25, -0.2) is 0 Å². The van der Waals surface area contributed by atoms with Crippen LogP contribution in [0.3, 0.4) is 0 Å². The first kappa shape index (κ1) is 13.6. The van der Waals surface area contributed by atoms with E-state index >= 15 is 0 Å². The second kappa shape index (κ2) is 9.18. The first-order valence-corrected chi connectivity index (χ1v) is 7.75. The van der Waals surface area contributed by atoms with Gasteiger partial charge in [0.25, 0.3) is 0 Å². The van der Waals surface area contributed by atoms with Crippen molar-refractivity contribution in [2.45, 2.75) is 44.5 Å². The van der Waals surface area contributed by atoms with Gasteiger partial charge in [-0.05, 0) is 12.8 Å². The molecular formula is C9H21BrO2Si. The highest BCUT2D eigenvalue weighted by Gasteiger charge is 2.15. The number of hydrogen-bond acceptors (Lipinski definition) is 2. The molecule has 80 valence electrons. The third-order valence-electron chi connectivity index (χ3n) is 1.53. The van der Waals surface area contributed by atoms with Crippen molar-refractivity contribution in [3.05, 3.63) is 0 Å². The molecule has 0 fully saturated rings. The Morgan fingerprint density at radius 2 is 1.62 bits per heavy atom. The van der Waals surface area contributed by atoms with E-state index in [1.165, 1.54) is 0 Å². The lowest BCUT2D eigenvalue weighted by Gasteiger charge is -2.17.